The summed E-state index contributed by atoms with van der Waals surface area (Å²) in [4.78, 5) is 0. The van der Waals surface area contributed by atoms with Crippen molar-refractivity contribution in [2.75, 3.05) is 19.7 Å². The lowest BCUT2D eigenvalue weighted by atomic mass is 10.2. The van der Waals surface area contributed by atoms with Gasteiger partial charge in [0.15, 0.2) is 5.75 Å². The summed E-state index contributed by atoms with van der Waals surface area (Å²) in [5.74, 6) is 0.865. The summed E-state index contributed by atoms with van der Waals surface area (Å²) >= 11 is 0. The molecule has 0 aromatic carbocycles. The van der Waals surface area contributed by atoms with Crippen LogP contribution in [-0.2, 0) is 7.05 Å². The number of hydrogen-bond acceptors (Lipinski definition) is 3. The molecule has 1 heterocycles. The molecule has 0 radical (unpaired) electrons. The number of nitrogens with zero attached hydrogens (tertiary/aromatic N) is 2. The molecule has 4 nitrogen and oxygen atoms in total. The molecular weight excluding hydrogens is 190 g/mol. The van der Waals surface area contributed by atoms with E-state index in [2.05, 4.69) is 17.3 Å². The zero-order valence-corrected chi connectivity index (χ0v) is 9.70. The van der Waals surface area contributed by atoms with Crippen molar-refractivity contribution in [1.29, 1.82) is 0 Å². The van der Waals surface area contributed by atoms with Gasteiger partial charge in [0.2, 0.25) is 0 Å². The second-order valence-corrected chi connectivity index (χ2v) is 3.61. The van der Waals surface area contributed by atoms with Gasteiger partial charge in [0, 0.05) is 7.05 Å². The molecule has 0 spiro atoms. The molecule has 0 aliphatic carbocycles. The standard InChI is InChI=1S/C11H21N3O/c1-3-12-7-5-4-6-8-15-11-9-13-14(2)10-11/h9-10,12H,3-8H2,1-2H3. The summed E-state index contributed by atoms with van der Waals surface area (Å²) in [5.41, 5.74) is 0. The van der Waals surface area contributed by atoms with Crippen LogP contribution in [0.2, 0.25) is 0 Å². The topological polar surface area (TPSA) is 39.1 Å². The van der Waals surface area contributed by atoms with E-state index in [9.17, 15) is 0 Å². The predicted molar refractivity (Wildman–Crippen MR) is 61.1 cm³/mol. The smallest absolute Gasteiger partial charge is 0.157 e. The first-order valence-electron chi connectivity index (χ1n) is 5.65. The van der Waals surface area contributed by atoms with Crippen LogP contribution >= 0.6 is 0 Å². The van der Waals surface area contributed by atoms with Crippen molar-refractivity contribution in [2.24, 2.45) is 7.05 Å². The van der Waals surface area contributed by atoms with Crippen LogP contribution in [0.1, 0.15) is 26.2 Å². The molecule has 1 aromatic rings. The van der Waals surface area contributed by atoms with Crippen LogP contribution in [0.3, 0.4) is 0 Å². The molecule has 0 atom stereocenters. The zero-order chi connectivity index (χ0) is 10.9. The summed E-state index contributed by atoms with van der Waals surface area (Å²) in [5, 5.41) is 7.34. The lowest BCUT2D eigenvalue weighted by molar-refractivity contribution is 0.304. The van der Waals surface area contributed by atoms with Gasteiger partial charge in [-0.15, -0.1) is 0 Å². The molecule has 0 unspecified atom stereocenters. The van der Waals surface area contributed by atoms with Crippen molar-refractivity contribution >= 4 is 0 Å². The third-order valence-electron chi connectivity index (χ3n) is 2.20. The maximum atomic E-state index is 5.53. The van der Waals surface area contributed by atoms with E-state index < -0.39 is 0 Å². The molecule has 0 amide bonds. The van der Waals surface area contributed by atoms with Crippen molar-refractivity contribution in [3.05, 3.63) is 12.4 Å². The molecule has 0 bridgehead atoms. The van der Waals surface area contributed by atoms with Crippen LogP contribution in [0.4, 0.5) is 0 Å². The van der Waals surface area contributed by atoms with E-state index in [4.69, 9.17) is 4.74 Å². The first kappa shape index (κ1) is 12.0. The van der Waals surface area contributed by atoms with Crippen LogP contribution in [0.25, 0.3) is 0 Å². The van der Waals surface area contributed by atoms with Gasteiger partial charge in [0.1, 0.15) is 0 Å². The third kappa shape index (κ3) is 5.42. The summed E-state index contributed by atoms with van der Waals surface area (Å²) in [6.45, 7) is 5.10. The minimum atomic E-state index is 0.790. The fourth-order valence-electron chi connectivity index (χ4n) is 1.37. The number of nitrogens with one attached hydrogen (secondary N) is 1. The Morgan fingerprint density at radius 3 is 2.93 bits per heavy atom. The second-order valence-electron chi connectivity index (χ2n) is 3.61. The number of ether oxygens (including phenoxy) is 1. The lowest BCUT2D eigenvalue weighted by Crippen LogP contribution is -2.14. The Balaban J connectivity index is 1.93. The molecule has 86 valence electrons. The van der Waals surface area contributed by atoms with Gasteiger partial charge in [-0.3, -0.25) is 4.68 Å². The van der Waals surface area contributed by atoms with Gasteiger partial charge in [0.05, 0.1) is 19.0 Å². The number of unbranched alkanes of at least 4 members (excludes halogenated alkanes) is 2. The fraction of sp³-hybridized carbons (Fsp3) is 0.727. The Morgan fingerprint density at radius 1 is 1.40 bits per heavy atom. The number of rotatable bonds is 8. The average Bonchev–Trinajstić information content (AvgIpc) is 2.63. The summed E-state index contributed by atoms with van der Waals surface area (Å²) in [7, 11) is 1.89. The van der Waals surface area contributed by atoms with Crippen molar-refractivity contribution in [2.45, 2.75) is 26.2 Å². The van der Waals surface area contributed by atoms with Crippen LogP contribution < -0.4 is 10.1 Å². The van der Waals surface area contributed by atoms with E-state index in [0.717, 1.165) is 31.9 Å². The SMILES string of the molecule is CCNCCCCCOc1cnn(C)c1. The highest BCUT2D eigenvalue weighted by atomic mass is 16.5. The molecule has 1 N–H and O–H groups in total. The van der Waals surface area contributed by atoms with E-state index >= 15 is 0 Å². The van der Waals surface area contributed by atoms with Gasteiger partial charge in [-0.2, -0.15) is 5.10 Å². The molecule has 0 aliphatic rings. The van der Waals surface area contributed by atoms with Crippen molar-refractivity contribution in [3.63, 3.8) is 0 Å². The number of aryl methyl sites for hydroxylation is 1. The third-order valence-corrected chi connectivity index (χ3v) is 2.20. The van der Waals surface area contributed by atoms with E-state index in [1.54, 1.807) is 10.9 Å². The molecule has 0 saturated heterocycles. The van der Waals surface area contributed by atoms with E-state index in [0.29, 0.717) is 0 Å². The monoisotopic (exact) mass is 211 g/mol. The van der Waals surface area contributed by atoms with Crippen LogP contribution in [0, 0.1) is 0 Å². The molecule has 4 heteroatoms. The van der Waals surface area contributed by atoms with Crippen LogP contribution in [0.5, 0.6) is 5.75 Å². The number of hydrogen-bond donors (Lipinski definition) is 1. The highest BCUT2D eigenvalue weighted by Gasteiger charge is 1.95. The lowest BCUT2D eigenvalue weighted by Gasteiger charge is -2.03. The van der Waals surface area contributed by atoms with Crippen molar-refractivity contribution in [1.82, 2.24) is 15.1 Å². The van der Waals surface area contributed by atoms with E-state index in [-0.39, 0.29) is 0 Å². The van der Waals surface area contributed by atoms with Crippen molar-refractivity contribution < 1.29 is 4.74 Å². The molecule has 15 heavy (non-hydrogen) atoms. The van der Waals surface area contributed by atoms with Gasteiger partial charge in [-0.1, -0.05) is 6.92 Å². The largest absolute Gasteiger partial charge is 0.490 e. The van der Waals surface area contributed by atoms with Gasteiger partial charge in [0.25, 0.3) is 0 Å². The molecule has 0 fully saturated rings. The second kappa shape index (κ2) is 7.29. The molecule has 1 aromatic heterocycles. The normalized spacial score (nSPS) is 10.5. The minimum absolute atomic E-state index is 0.790. The van der Waals surface area contributed by atoms with Gasteiger partial charge in [-0.25, -0.2) is 0 Å². The van der Waals surface area contributed by atoms with E-state index in [1.165, 1.54) is 12.8 Å². The minimum Gasteiger partial charge on any atom is -0.490 e. The first-order chi connectivity index (χ1) is 7.33. The Labute approximate surface area is 91.6 Å². The Morgan fingerprint density at radius 2 is 2.27 bits per heavy atom. The van der Waals surface area contributed by atoms with Gasteiger partial charge in [-0.05, 0) is 32.4 Å². The number of aromatic nitrogens is 2. The summed E-state index contributed by atoms with van der Waals surface area (Å²) < 4.78 is 7.28. The summed E-state index contributed by atoms with van der Waals surface area (Å²) in [6, 6.07) is 0. The summed E-state index contributed by atoms with van der Waals surface area (Å²) in [6.07, 6.45) is 7.19. The molecule has 0 aliphatic heterocycles. The Kier molecular flexibility index (Phi) is 5.85. The maximum absolute atomic E-state index is 5.53. The average molecular weight is 211 g/mol. The van der Waals surface area contributed by atoms with Crippen LogP contribution in [-0.4, -0.2) is 29.5 Å². The van der Waals surface area contributed by atoms with Gasteiger partial charge < -0.3 is 10.1 Å². The fourth-order valence-corrected chi connectivity index (χ4v) is 1.37. The van der Waals surface area contributed by atoms with Gasteiger partial charge >= 0.3 is 0 Å². The van der Waals surface area contributed by atoms with Crippen LogP contribution in [0.15, 0.2) is 12.4 Å². The zero-order valence-electron chi connectivity index (χ0n) is 9.70. The Bertz CT molecular complexity index is 260. The molecule has 0 saturated carbocycles. The van der Waals surface area contributed by atoms with Crippen molar-refractivity contribution in [3.8, 4) is 5.75 Å². The first-order valence-corrected chi connectivity index (χ1v) is 5.65. The maximum Gasteiger partial charge on any atom is 0.157 e. The molecular formula is C11H21N3O. The highest BCUT2D eigenvalue weighted by Crippen LogP contribution is 2.07. The Hall–Kier alpha value is -1.03. The highest BCUT2D eigenvalue weighted by molar-refractivity contribution is 5.10. The molecule has 1 rings (SSSR count). The van der Waals surface area contributed by atoms with E-state index in [1.807, 2.05) is 13.2 Å². The predicted octanol–water partition coefficient (Wildman–Crippen LogP) is 1.58. The quantitative estimate of drug-likeness (QED) is 0.664.